The Balaban J connectivity index is 1.30. The minimum absolute atomic E-state index is 0.0880. The molecule has 2 amide bonds. The number of aliphatic carboxylic acids is 1. The molecule has 2 unspecified atom stereocenters. The molecule has 2 aromatic carbocycles. The topological polar surface area (TPSA) is 114 Å². The molecule has 4 rings (SSSR count). The van der Waals surface area contributed by atoms with Crippen molar-refractivity contribution in [3.8, 4) is 11.1 Å². The number of hydrogen-bond acceptors (Lipinski definition) is 5. The molecular formula is C26H30N2O6. The molecule has 2 atom stereocenters. The average molecular weight is 467 g/mol. The number of ether oxygens (including phenoxy) is 2. The molecule has 2 aliphatic rings. The fourth-order valence-electron chi connectivity index (χ4n) is 4.70. The number of alkyl carbamates (subject to hydrolysis) is 1. The molecule has 0 spiro atoms. The molecule has 2 aromatic rings. The summed E-state index contributed by atoms with van der Waals surface area (Å²) in [6.07, 6.45) is 1.39. The number of rotatable bonds is 10. The maximum Gasteiger partial charge on any atom is 0.407 e. The zero-order chi connectivity index (χ0) is 23.9. The highest BCUT2D eigenvalue weighted by Gasteiger charge is 2.30. The SMILES string of the molecule is O=C(O)CC(NC(=O)OCC1c2ccccc2-c2ccccc21)C(=O)NCCCC1CCOC1. The molecule has 34 heavy (non-hydrogen) atoms. The van der Waals surface area contributed by atoms with Crippen molar-refractivity contribution >= 4 is 18.0 Å². The Hall–Kier alpha value is -3.39. The van der Waals surface area contributed by atoms with E-state index in [1.807, 2.05) is 48.5 Å². The van der Waals surface area contributed by atoms with E-state index in [1.54, 1.807) is 0 Å². The van der Waals surface area contributed by atoms with Gasteiger partial charge in [-0.15, -0.1) is 0 Å². The van der Waals surface area contributed by atoms with Crippen molar-refractivity contribution in [1.29, 1.82) is 0 Å². The van der Waals surface area contributed by atoms with Gasteiger partial charge in [-0.25, -0.2) is 4.79 Å². The van der Waals surface area contributed by atoms with Crippen molar-refractivity contribution in [1.82, 2.24) is 10.6 Å². The second-order valence-electron chi connectivity index (χ2n) is 8.78. The van der Waals surface area contributed by atoms with E-state index >= 15 is 0 Å². The Morgan fingerprint density at radius 2 is 1.74 bits per heavy atom. The Labute approximate surface area is 198 Å². The molecule has 180 valence electrons. The lowest BCUT2D eigenvalue weighted by Crippen LogP contribution is -2.48. The number of carboxylic acids is 1. The molecule has 1 heterocycles. The highest BCUT2D eigenvalue weighted by molar-refractivity contribution is 5.89. The normalized spacial score (nSPS) is 17.5. The maximum absolute atomic E-state index is 12.5. The van der Waals surface area contributed by atoms with Gasteiger partial charge in [0.25, 0.3) is 0 Å². The molecule has 0 bridgehead atoms. The number of hydrogen-bond donors (Lipinski definition) is 3. The molecule has 1 fully saturated rings. The van der Waals surface area contributed by atoms with Gasteiger partial charge in [0.15, 0.2) is 0 Å². The van der Waals surface area contributed by atoms with Gasteiger partial charge in [0, 0.05) is 25.7 Å². The quantitative estimate of drug-likeness (QED) is 0.463. The first-order valence-corrected chi connectivity index (χ1v) is 11.7. The van der Waals surface area contributed by atoms with Crippen LogP contribution < -0.4 is 10.6 Å². The van der Waals surface area contributed by atoms with Crippen LogP contribution in [0.5, 0.6) is 0 Å². The lowest BCUT2D eigenvalue weighted by Gasteiger charge is -2.19. The first kappa shape index (κ1) is 23.8. The van der Waals surface area contributed by atoms with E-state index < -0.39 is 30.4 Å². The molecular weight excluding hydrogens is 436 g/mol. The van der Waals surface area contributed by atoms with Gasteiger partial charge >= 0.3 is 12.1 Å². The molecule has 0 saturated carbocycles. The van der Waals surface area contributed by atoms with E-state index in [0.717, 1.165) is 54.7 Å². The smallest absolute Gasteiger partial charge is 0.407 e. The van der Waals surface area contributed by atoms with Gasteiger partial charge in [-0.2, -0.15) is 0 Å². The van der Waals surface area contributed by atoms with Crippen LogP contribution in [0.2, 0.25) is 0 Å². The second-order valence-corrected chi connectivity index (χ2v) is 8.78. The van der Waals surface area contributed by atoms with Crippen molar-refractivity contribution in [3.05, 3.63) is 59.7 Å². The van der Waals surface area contributed by atoms with Gasteiger partial charge < -0.3 is 25.2 Å². The summed E-state index contributed by atoms with van der Waals surface area (Å²) in [6.45, 7) is 2.03. The number of carboxylic acid groups (broad SMARTS) is 1. The highest BCUT2D eigenvalue weighted by Crippen LogP contribution is 2.44. The zero-order valence-electron chi connectivity index (χ0n) is 19.0. The van der Waals surface area contributed by atoms with Crippen LogP contribution in [0, 0.1) is 5.92 Å². The fourth-order valence-corrected chi connectivity index (χ4v) is 4.70. The Kier molecular flexibility index (Phi) is 7.80. The van der Waals surface area contributed by atoms with Gasteiger partial charge in [0.05, 0.1) is 6.42 Å². The van der Waals surface area contributed by atoms with Crippen LogP contribution in [-0.4, -0.2) is 55.5 Å². The summed E-state index contributed by atoms with van der Waals surface area (Å²) in [7, 11) is 0. The molecule has 1 aliphatic heterocycles. The second kappa shape index (κ2) is 11.2. The fraction of sp³-hybridized carbons (Fsp3) is 0.423. The third-order valence-electron chi connectivity index (χ3n) is 6.44. The van der Waals surface area contributed by atoms with E-state index in [9.17, 15) is 19.5 Å². The minimum atomic E-state index is -1.21. The van der Waals surface area contributed by atoms with Crippen LogP contribution in [0.4, 0.5) is 4.79 Å². The number of fused-ring (bicyclic) bond motifs is 3. The zero-order valence-corrected chi connectivity index (χ0v) is 19.0. The van der Waals surface area contributed by atoms with Crippen LogP contribution in [-0.2, 0) is 19.1 Å². The van der Waals surface area contributed by atoms with Gasteiger partial charge in [0.1, 0.15) is 12.6 Å². The van der Waals surface area contributed by atoms with E-state index in [4.69, 9.17) is 9.47 Å². The summed E-state index contributed by atoms with van der Waals surface area (Å²) in [5, 5.41) is 14.4. The summed E-state index contributed by atoms with van der Waals surface area (Å²) in [6, 6.07) is 14.8. The molecule has 3 N–H and O–H groups in total. The number of carbonyl (C=O) groups excluding carboxylic acids is 2. The van der Waals surface area contributed by atoms with Crippen molar-refractivity contribution in [2.75, 3.05) is 26.4 Å². The van der Waals surface area contributed by atoms with Crippen molar-refractivity contribution < 1.29 is 29.0 Å². The molecule has 1 aliphatic carbocycles. The molecule has 8 heteroatoms. The largest absolute Gasteiger partial charge is 0.481 e. The summed E-state index contributed by atoms with van der Waals surface area (Å²) in [5.74, 6) is -1.32. The van der Waals surface area contributed by atoms with Gasteiger partial charge in [0.2, 0.25) is 5.91 Å². The molecule has 0 aromatic heterocycles. The van der Waals surface area contributed by atoms with Crippen molar-refractivity contribution in [2.45, 2.75) is 37.6 Å². The van der Waals surface area contributed by atoms with Crippen LogP contribution in [0.3, 0.4) is 0 Å². The monoisotopic (exact) mass is 466 g/mol. The Morgan fingerprint density at radius 3 is 2.35 bits per heavy atom. The first-order chi connectivity index (χ1) is 16.5. The number of nitrogens with one attached hydrogen (secondary N) is 2. The summed E-state index contributed by atoms with van der Waals surface area (Å²) in [4.78, 5) is 36.3. The molecule has 8 nitrogen and oxygen atoms in total. The van der Waals surface area contributed by atoms with E-state index in [0.29, 0.717) is 12.5 Å². The van der Waals surface area contributed by atoms with Crippen LogP contribution in [0.15, 0.2) is 48.5 Å². The van der Waals surface area contributed by atoms with E-state index in [1.165, 1.54) is 0 Å². The highest BCUT2D eigenvalue weighted by atomic mass is 16.5. The predicted octanol–water partition coefficient (Wildman–Crippen LogP) is 3.30. The lowest BCUT2D eigenvalue weighted by atomic mass is 9.98. The van der Waals surface area contributed by atoms with E-state index in [-0.39, 0.29) is 12.5 Å². The Morgan fingerprint density at radius 1 is 1.06 bits per heavy atom. The maximum atomic E-state index is 12.5. The minimum Gasteiger partial charge on any atom is -0.481 e. The molecule has 0 radical (unpaired) electrons. The van der Waals surface area contributed by atoms with Gasteiger partial charge in [-0.1, -0.05) is 48.5 Å². The Bertz CT molecular complexity index is 988. The number of carbonyl (C=O) groups is 3. The first-order valence-electron chi connectivity index (χ1n) is 11.7. The van der Waals surface area contributed by atoms with Crippen molar-refractivity contribution in [2.24, 2.45) is 5.92 Å². The average Bonchev–Trinajstić information content (AvgIpc) is 3.46. The van der Waals surface area contributed by atoms with Gasteiger partial charge in [-0.05, 0) is 47.4 Å². The summed E-state index contributed by atoms with van der Waals surface area (Å²) in [5.41, 5.74) is 4.37. The summed E-state index contributed by atoms with van der Waals surface area (Å²) >= 11 is 0. The van der Waals surface area contributed by atoms with E-state index in [2.05, 4.69) is 10.6 Å². The van der Waals surface area contributed by atoms with Crippen molar-refractivity contribution in [3.63, 3.8) is 0 Å². The lowest BCUT2D eigenvalue weighted by molar-refractivity contribution is -0.139. The molecule has 1 saturated heterocycles. The number of benzene rings is 2. The standard InChI is InChI=1S/C26H30N2O6/c29-24(30)14-23(25(31)27-12-5-6-17-11-13-33-15-17)28-26(32)34-16-22-20-9-3-1-7-18(20)19-8-2-4-10-21(19)22/h1-4,7-10,17,22-23H,5-6,11-16H2,(H,27,31)(H,28,32)(H,29,30). The number of amides is 2. The predicted molar refractivity (Wildman–Crippen MR) is 125 cm³/mol. The van der Waals surface area contributed by atoms with Crippen LogP contribution >= 0.6 is 0 Å². The third kappa shape index (κ3) is 5.75. The summed E-state index contributed by atoms with van der Waals surface area (Å²) < 4.78 is 10.8. The van der Waals surface area contributed by atoms with Crippen LogP contribution in [0.25, 0.3) is 11.1 Å². The van der Waals surface area contributed by atoms with Crippen LogP contribution in [0.1, 0.15) is 42.7 Å². The third-order valence-corrected chi connectivity index (χ3v) is 6.44. The van der Waals surface area contributed by atoms with Gasteiger partial charge in [-0.3, -0.25) is 9.59 Å².